The Balaban J connectivity index is 2.97. The summed E-state index contributed by atoms with van der Waals surface area (Å²) < 4.78 is 0. The molecule has 0 saturated carbocycles. The predicted octanol–water partition coefficient (Wildman–Crippen LogP) is 1.30. The molecule has 0 unspecified atom stereocenters. The maximum atomic E-state index is 9.16. The van der Waals surface area contributed by atoms with E-state index in [0.29, 0.717) is 5.19 Å². The average Bonchev–Trinajstić information content (AvgIpc) is 1.88. The summed E-state index contributed by atoms with van der Waals surface area (Å²) in [6, 6.07) is 8.85. The molecule has 0 fully saturated rings. The molecule has 54 valence electrons. The number of benzene rings is 1. The zero-order valence-electron chi connectivity index (χ0n) is 5.09. The van der Waals surface area contributed by atoms with Crippen molar-refractivity contribution in [3.8, 4) is 0 Å². The van der Waals surface area contributed by atoms with Crippen LogP contribution in [0.4, 0.5) is 0 Å². The first kappa shape index (κ1) is 8.08. The molecule has 0 aliphatic heterocycles. The SMILES string of the molecule is O[Si](Cl)(Cl)c1ccccc1. The first-order chi connectivity index (χ1) is 4.61. The maximum absolute atomic E-state index is 9.16. The lowest BCUT2D eigenvalue weighted by molar-refractivity contribution is 0.598. The molecule has 0 heterocycles. The van der Waals surface area contributed by atoms with Crippen molar-refractivity contribution >= 4 is 34.3 Å². The van der Waals surface area contributed by atoms with Crippen LogP contribution in [0.15, 0.2) is 30.3 Å². The summed E-state index contributed by atoms with van der Waals surface area (Å²) >= 11 is 11.0. The quantitative estimate of drug-likeness (QED) is 0.526. The van der Waals surface area contributed by atoms with Gasteiger partial charge in [-0.15, -0.1) is 22.2 Å². The highest BCUT2D eigenvalue weighted by Gasteiger charge is 2.27. The maximum Gasteiger partial charge on any atom is 0.420 e. The van der Waals surface area contributed by atoms with Crippen molar-refractivity contribution in [2.75, 3.05) is 0 Å². The lowest BCUT2D eigenvalue weighted by atomic mass is 10.4. The molecule has 1 aromatic rings. The lowest BCUT2D eigenvalue weighted by Crippen LogP contribution is -2.35. The van der Waals surface area contributed by atoms with E-state index in [0.717, 1.165) is 0 Å². The van der Waals surface area contributed by atoms with Crippen molar-refractivity contribution in [2.24, 2.45) is 0 Å². The van der Waals surface area contributed by atoms with E-state index in [1.807, 2.05) is 6.07 Å². The van der Waals surface area contributed by atoms with Crippen molar-refractivity contribution in [2.45, 2.75) is 0 Å². The number of hydrogen-bond acceptors (Lipinski definition) is 1. The van der Waals surface area contributed by atoms with Gasteiger partial charge in [-0.2, -0.15) is 0 Å². The van der Waals surface area contributed by atoms with E-state index in [9.17, 15) is 0 Å². The largest absolute Gasteiger partial charge is 0.420 e. The Kier molecular flexibility index (Phi) is 2.36. The molecule has 1 N–H and O–H groups in total. The van der Waals surface area contributed by atoms with E-state index in [1.165, 1.54) is 0 Å². The highest BCUT2D eigenvalue weighted by Crippen LogP contribution is 2.09. The van der Waals surface area contributed by atoms with Crippen LogP contribution in [-0.4, -0.2) is 11.7 Å². The Morgan fingerprint density at radius 1 is 1.10 bits per heavy atom. The Morgan fingerprint density at radius 2 is 1.60 bits per heavy atom. The Hall–Kier alpha value is -0.0231. The zero-order valence-corrected chi connectivity index (χ0v) is 7.60. The van der Waals surface area contributed by atoms with Crippen LogP contribution in [0.2, 0.25) is 0 Å². The van der Waals surface area contributed by atoms with Gasteiger partial charge in [0.2, 0.25) is 0 Å². The van der Waals surface area contributed by atoms with Gasteiger partial charge >= 0.3 is 6.94 Å². The molecule has 1 nitrogen and oxygen atoms in total. The van der Waals surface area contributed by atoms with Gasteiger partial charge in [-0.1, -0.05) is 30.3 Å². The van der Waals surface area contributed by atoms with E-state index in [1.54, 1.807) is 24.3 Å². The van der Waals surface area contributed by atoms with Gasteiger partial charge in [-0.05, 0) is 5.19 Å². The van der Waals surface area contributed by atoms with E-state index in [-0.39, 0.29) is 0 Å². The van der Waals surface area contributed by atoms with Crippen LogP contribution >= 0.6 is 22.2 Å². The molecule has 0 atom stereocenters. The predicted molar refractivity (Wildman–Crippen MR) is 45.8 cm³/mol. The van der Waals surface area contributed by atoms with E-state index < -0.39 is 6.94 Å². The highest BCUT2D eigenvalue weighted by atomic mass is 35.7. The van der Waals surface area contributed by atoms with Gasteiger partial charge < -0.3 is 4.80 Å². The van der Waals surface area contributed by atoms with Gasteiger partial charge in [0.25, 0.3) is 0 Å². The smallest absolute Gasteiger partial charge is 0.405 e. The van der Waals surface area contributed by atoms with Crippen molar-refractivity contribution < 1.29 is 4.80 Å². The number of hydrogen-bond donors (Lipinski definition) is 1. The summed E-state index contributed by atoms with van der Waals surface area (Å²) in [6.07, 6.45) is 0. The molecular weight excluding hydrogens is 187 g/mol. The third-order valence-electron chi connectivity index (χ3n) is 1.12. The van der Waals surface area contributed by atoms with Gasteiger partial charge in [0.1, 0.15) is 0 Å². The van der Waals surface area contributed by atoms with Gasteiger partial charge in [0.05, 0.1) is 0 Å². The second kappa shape index (κ2) is 2.92. The van der Waals surface area contributed by atoms with Crippen LogP contribution in [-0.2, 0) is 0 Å². The van der Waals surface area contributed by atoms with Gasteiger partial charge in [0.15, 0.2) is 0 Å². The molecule has 4 heteroatoms. The standard InChI is InChI=1S/C6H6Cl2OSi/c7-10(8,9)6-4-2-1-3-5-6/h1-5,9H. The van der Waals surface area contributed by atoms with Crippen molar-refractivity contribution in [1.29, 1.82) is 0 Å². The fourth-order valence-corrected chi connectivity index (χ4v) is 1.99. The monoisotopic (exact) mass is 192 g/mol. The summed E-state index contributed by atoms with van der Waals surface area (Å²) in [5.74, 6) is 0. The molecule has 0 saturated heterocycles. The van der Waals surface area contributed by atoms with Crippen LogP contribution < -0.4 is 5.19 Å². The summed E-state index contributed by atoms with van der Waals surface area (Å²) in [6.45, 7) is -3.09. The fourth-order valence-electron chi connectivity index (χ4n) is 0.639. The zero-order chi connectivity index (χ0) is 7.61. The number of rotatable bonds is 1. The summed E-state index contributed by atoms with van der Waals surface area (Å²) in [5, 5.41) is 0.623. The van der Waals surface area contributed by atoms with Crippen molar-refractivity contribution in [1.82, 2.24) is 0 Å². The van der Waals surface area contributed by atoms with Gasteiger partial charge in [-0.3, -0.25) is 0 Å². The molecule has 0 aliphatic carbocycles. The van der Waals surface area contributed by atoms with Crippen LogP contribution in [0.5, 0.6) is 0 Å². The van der Waals surface area contributed by atoms with Crippen LogP contribution in [0.25, 0.3) is 0 Å². The number of halogens is 2. The minimum atomic E-state index is -3.09. The molecule has 0 amide bonds. The minimum absolute atomic E-state index is 0.623. The van der Waals surface area contributed by atoms with E-state index >= 15 is 0 Å². The Bertz CT molecular complexity index is 207. The Labute approximate surface area is 69.7 Å². The fraction of sp³-hybridized carbons (Fsp3) is 0. The minimum Gasteiger partial charge on any atom is -0.405 e. The molecule has 0 bridgehead atoms. The first-order valence-corrected chi connectivity index (χ1v) is 6.73. The molecule has 1 aromatic carbocycles. The topological polar surface area (TPSA) is 20.2 Å². The van der Waals surface area contributed by atoms with Crippen LogP contribution in [0, 0.1) is 0 Å². The molecule has 0 spiro atoms. The Morgan fingerprint density at radius 3 is 1.90 bits per heavy atom. The molecule has 0 aliphatic rings. The highest BCUT2D eigenvalue weighted by molar-refractivity contribution is 7.47. The average molecular weight is 193 g/mol. The molecule has 1 rings (SSSR count). The molecular formula is C6H6Cl2OSi. The summed E-state index contributed by atoms with van der Waals surface area (Å²) in [4.78, 5) is 9.16. The molecule has 10 heavy (non-hydrogen) atoms. The summed E-state index contributed by atoms with van der Waals surface area (Å²) in [7, 11) is 0. The van der Waals surface area contributed by atoms with Gasteiger partial charge in [0, 0.05) is 0 Å². The van der Waals surface area contributed by atoms with Crippen molar-refractivity contribution in [3.63, 3.8) is 0 Å². The summed E-state index contributed by atoms with van der Waals surface area (Å²) in [5.41, 5.74) is 0. The third kappa shape index (κ3) is 1.99. The van der Waals surface area contributed by atoms with E-state index in [4.69, 9.17) is 27.0 Å². The second-order valence-electron chi connectivity index (χ2n) is 1.91. The first-order valence-electron chi connectivity index (χ1n) is 2.76. The van der Waals surface area contributed by atoms with Gasteiger partial charge in [-0.25, -0.2) is 0 Å². The lowest BCUT2D eigenvalue weighted by Gasteiger charge is -2.06. The van der Waals surface area contributed by atoms with Crippen molar-refractivity contribution in [3.05, 3.63) is 30.3 Å². The normalized spacial score (nSPS) is 11.5. The van der Waals surface area contributed by atoms with Crippen LogP contribution in [0.1, 0.15) is 0 Å². The third-order valence-corrected chi connectivity index (χ3v) is 3.46. The van der Waals surface area contributed by atoms with E-state index in [2.05, 4.69) is 0 Å². The molecule has 0 radical (unpaired) electrons. The van der Waals surface area contributed by atoms with Crippen LogP contribution in [0.3, 0.4) is 0 Å². The second-order valence-corrected chi connectivity index (χ2v) is 7.43. The molecule has 0 aromatic heterocycles.